The molecule has 0 unspecified atom stereocenters. The van der Waals surface area contributed by atoms with E-state index in [0.717, 1.165) is 29.8 Å². The van der Waals surface area contributed by atoms with Gasteiger partial charge in [-0.3, -0.25) is 4.79 Å². The zero-order chi connectivity index (χ0) is 18.0. The quantitative estimate of drug-likeness (QED) is 0.818. The van der Waals surface area contributed by atoms with Crippen molar-refractivity contribution in [2.75, 3.05) is 32.1 Å². The van der Waals surface area contributed by atoms with Crippen molar-refractivity contribution in [1.82, 2.24) is 5.32 Å². The highest BCUT2D eigenvalue weighted by Crippen LogP contribution is 2.47. The van der Waals surface area contributed by atoms with Crippen molar-refractivity contribution in [3.8, 4) is 5.75 Å². The molecule has 0 bridgehead atoms. The van der Waals surface area contributed by atoms with E-state index >= 15 is 0 Å². The van der Waals surface area contributed by atoms with Crippen LogP contribution < -0.4 is 15.0 Å². The largest absolute Gasteiger partial charge is 0.487 e. The molecule has 1 aromatic carbocycles. The number of amides is 1. The van der Waals surface area contributed by atoms with Crippen LogP contribution in [0.2, 0.25) is 0 Å². The third-order valence-corrected chi connectivity index (χ3v) is 4.98. The van der Waals surface area contributed by atoms with Gasteiger partial charge in [0.2, 0.25) is 5.91 Å². The fourth-order valence-corrected chi connectivity index (χ4v) is 3.70. The van der Waals surface area contributed by atoms with Crippen LogP contribution in [-0.2, 0) is 9.53 Å². The third-order valence-electron chi connectivity index (χ3n) is 4.98. The Morgan fingerprint density at radius 1 is 1.40 bits per heavy atom. The first kappa shape index (κ1) is 18.0. The van der Waals surface area contributed by atoms with Gasteiger partial charge in [-0.2, -0.15) is 0 Å². The predicted octanol–water partition coefficient (Wildman–Crippen LogP) is 1.66. The van der Waals surface area contributed by atoms with E-state index < -0.39 is 6.10 Å². The van der Waals surface area contributed by atoms with Crippen LogP contribution in [0.5, 0.6) is 5.75 Å². The first-order chi connectivity index (χ1) is 12.0. The Bertz CT molecular complexity index is 619. The van der Waals surface area contributed by atoms with Gasteiger partial charge in [-0.1, -0.05) is 6.92 Å². The zero-order valence-corrected chi connectivity index (χ0v) is 15.2. The van der Waals surface area contributed by atoms with Crippen molar-refractivity contribution >= 4 is 11.6 Å². The highest BCUT2D eigenvalue weighted by atomic mass is 16.6. The van der Waals surface area contributed by atoms with Gasteiger partial charge in [-0.25, -0.2) is 0 Å². The van der Waals surface area contributed by atoms with Gasteiger partial charge in [0, 0.05) is 37.8 Å². The van der Waals surface area contributed by atoms with Crippen LogP contribution in [0, 0.1) is 0 Å². The van der Waals surface area contributed by atoms with Crippen molar-refractivity contribution in [2.24, 2.45) is 0 Å². The number of anilines is 1. The summed E-state index contributed by atoms with van der Waals surface area (Å²) in [5.41, 5.74) is 2.27. The lowest BCUT2D eigenvalue weighted by Gasteiger charge is -2.37. The summed E-state index contributed by atoms with van der Waals surface area (Å²) in [5.74, 6) is 1.01. The molecule has 6 heteroatoms. The molecule has 0 saturated carbocycles. The maximum Gasteiger partial charge on any atom is 0.222 e. The molecule has 4 atom stereocenters. The number of aliphatic hydroxyl groups excluding tert-OH is 1. The molecule has 0 aromatic heterocycles. The summed E-state index contributed by atoms with van der Waals surface area (Å²) in [6.07, 6.45) is 1.17. The maximum atomic E-state index is 12.1. The van der Waals surface area contributed by atoms with Crippen LogP contribution in [0.3, 0.4) is 0 Å². The Balaban J connectivity index is 1.77. The SMILES string of the molecule is CCCNC(=O)C[C@H]1C[C@H]2c3cc(N(C)C)ccc3O[C@H]2[C@H](CO)O1. The lowest BCUT2D eigenvalue weighted by molar-refractivity contribution is -0.142. The molecular weight excluding hydrogens is 320 g/mol. The molecule has 2 aliphatic heterocycles. The van der Waals surface area contributed by atoms with E-state index in [1.165, 1.54) is 0 Å². The van der Waals surface area contributed by atoms with Gasteiger partial charge in [0.05, 0.1) is 19.1 Å². The van der Waals surface area contributed by atoms with Gasteiger partial charge in [0.1, 0.15) is 18.0 Å². The van der Waals surface area contributed by atoms with E-state index in [0.29, 0.717) is 13.0 Å². The summed E-state index contributed by atoms with van der Waals surface area (Å²) in [7, 11) is 4.02. The van der Waals surface area contributed by atoms with E-state index in [4.69, 9.17) is 9.47 Å². The number of hydrogen-bond acceptors (Lipinski definition) is 5. The Hall–Kier alpha value is -1.79. The Morgan fingerprint density at radius 2 is 2.20 bits per heavy atom. The zero-order valence-electron chi connectivity index (χ0n) is 15.2. The Kier molecular flexibility index (Phi) is 5.49. The average Bonchev–Trinajstić information content (AvgIpc) is 2.97. The van der Waals surface area contributed by atoms with Crippen LogP contribution >= 0.6 is 0 Å². The van der Waals surface area contributed by atoms with Crippen molar-refractivity contribution in [2.45, 2.75) is 50.4 Å². The summed E-state index contributed by atoms with van der Waals surface area (Å²) >= 11 is 0. The number of ether oxygens (including phenoxy) is 2. The number of carbonyl (C=O) groups is 1. The fourth-order valence-electron chi connectivity index (χ4n) is 3.70. The topological polar surface area (TPSA) is 71.0 Å². The van der Waals surface area contributed by atoms with Crippen molar-refractivity contribution < 1.29 is 19.4 Å². The lowest BCUT2D eigenvalue weighted by atomic mass is 9.84. The van der Waals surface area contributed by atoms with Crippen molar-refractivity contribution in [3.63, 3.8) is 0 Å². The molecule has 1 aromatic rings. The van der Waals surface area contributed by atoms with Crippen LogP contribution in [-0.4, -0.2) is 56.6 Å². The molecular formula is C19H28N2O4. The molecule has 6 nitrogen and oxygen atoms in total. The van der Waals surface area contributed by atoms with E-state index in [2.05, 4.69) is 16.3 Å². The normalized spacial score (nSPS) is 27.2. The number of nitrogens with one attached hydrogen (secondary N) is 1. The minimum atomic E-state index is -0.405. The number of aliphatic hydroxyl groups is 1. The second-order valence-corrected chi connectivity index (χ2v) is 7.07. The maximum absolute atomic E-state index is 12.1. The molecule has 2 N–H and O–H groups in total. The summed E-state index contributed by atoms with van der Waals surface area (Å²) in [5, 5.41) is 12.6. The number of carbonyl (C=O) groups excluding carboxylic acids is 1. The molecule has 0 spiro atoms. The minimum Gasteiger partial charge on any atom is -0.487 e. The van der Waals surface area contributed by atoms with Crippen molar-refractivity contribution in [1.29, 1.82) is 0 Å². The molecule has 1 fully saturated rings. The Morgan fingerprint density at radius 3 is 2.88 bits per heavy atom. The molecule has 0 aliphatic carbocycles. The van der Waals surface area contributed by atoms with Crippen LogP contribution in [0.15, 0.2) is 18.2 Å². The number of rotatable bonds is 6. The highest BCUT2D eigenvalue weighted by Gasteiger charge is 2.46. The number of hydrogen-bond donors (Lipinski definition) is 2. The van der Waals surface area contributed by atoms with Crippen LogP contribution in [0.4, 0.5) is 5.69 Å². The molecule has 1 amide bonds. The van der Waals surface area contributed by atoms with Crippen LogP contribution in [0.25, 0.3) is 0 Å². The fraction of sp³-hybridized carbons (Fsp3) is 0.632. The van der Waals surface area contributed by atoms with E-state index in [1.807, 2.05) is 33.2 Å². The minimum absolute atomic E-state index is 0.00294. The third kappa shape index (κ3) is 3.75. The van der Waals surface area contributed by atoms with E-state index in [-0.39, 0.29) is 30.6 Å². The number of nitrogens with zero attached hydrogens (tertiary/aromatic N) is 1. The molecule has 1 saturated heterocycles. The standard InChI is InChI=1S/C19H28N2O4/c1-4-7-20-18(23)10-13-9-15-14-8-12(21(2)3)5-6-16(14)25-19(15)17(11-22)24-13/h5-6,8,13,15,17,19,22H,4,7,9-11H2,1-3H3,(H,20,23)/t13-,15+,17+,19-/m1/s1. The molecule has 0 radical (unpaired) electrons. The van der Waals surface area contributed by atoms with E-state index in [1.54, 1.807) is 0 Å². The Labute approximate surface area is 149 Å². The molecule has 3 rings (SSSR count). The van der Waals surface area contributed by atoms with Gasteiger partial charge < -0.3 is 24.8 Å². The summed E-state index contributed by atoms with van der Waals surface area (Å²) in [6, 6.07) is 6.16. The second kappa shape index (κ2) is 7.62. The first-order valence-corrected chi connectivity index (χ1v) is 9.04. The van der Waals surface area contributed by atoms with Gasteiger partial charge in [0.25, 0.3) is 0 Å². The highest BCUT2D eigenvalue weighted by molar-refractivity contribution is 5.76. The van der Waals surface area contributed by atoms with Gasteiger partial charge in [0.15, 0.2) is 0 Å². The second-order valence-electron chi connectivity index (χ2n) is 7.07. The predicted molar refractivity (Wildman–Crippen MR) is 96.2 cm³/mol. The number of fused-ring (bicyclic) bond motifs is 3. The average molecular weight is 348 g/mol. The lowest BCUT2D eigenvalue weighted by Crippen LogP contribution is -2.47. The molecule has 25 heavy (non-hydrogen) atoms. The van der Waals surface area contributed by atoms with Crippen LogP contribution in [0.1, 0.15) is 37.7 Å². The molecule has 2 aliphatic rings. The van der Waals surface area contributed by atoms with Gasteiger partial charge in [-0.05, 0) is 31.0 Å². The summed E-state index contributed by atoms with van der Waals surface area (Å²) < 4.78 is 12.0. The summed E-state index contributed by atoms with van der Waals surface area (Å²) in [4.78, 5) is 14.1. The monoisotopic (exact) mass is 348 g/mol. The van der Waals surface area contributed by atoms with Gasteiger partial charge in [-0.15, -0.1) is 0 Å². The molecule has 138 valence electrons. The van der Waals surface area contributed by atoms with Gasteiger partial charge >= 0.3 is 0 Å². The first-order valence-electron chi connectivity index (χ1n) is 9.04. The van der Waals surface area contributed by atoms with E-state index in [9.17, 15) is 9.90 Å². The summed E-state index contributed by atoms with van der Waals surface area (Å²) in [6.45, 7) is 2.60. The molecule has 2 heterocycles. The smallest absolute Gasteiger partial charge is 0.222 e. The van der Waals surface area contributed by atoms with Crippen molar-refractivity contribution in [3.05, 3.63) is 23.8 Å². The number of benzene rings is 1.